The Hall–Kier alpha value is -0.810. The minimum Gasteiger partial charge on any atom is -0.481 e. The van der Waals surface area contributed by atoms with Gasteiger partial charge in [0, 0.05) is 6.92 Å². The lowest BCUT2D eigenvalue weighted by molar-refractivity contribution is -0.381. The highest BCUT2D eigenvalue weighted by Crippen LogP contribution is 2.07. The van der Waals surface area contributed by atoms with Crippen molar-refractivity contribution < 1.29 is 39.4 Å². The standard InChI is InChI=1S/C7H17NO6.C2H4O2/c8-7(12-4-1-9,13-5-2-10)14-6-3-11;1-2(3)4/h9-11H,1-6,8H2;1H3,(H,3,4). The van der Waals surface area contributed by atoms with Crippen molar-refractivity contribution in [2.24, 2.45) is 5.73 Å². The Labute approximate surface area is 105 Å². The van der Waals surface area contributed by atoms with Crippen LogP contribution in [0.1, 0.15) is 6.92 Å². The molecule has 0 atom stereocenters. The zero-order valence-corrected chi connectivity index (χ0v) is 10.2. The largest absolute Gasteiger partial charge is 0.481 e. The maximum atomic E-state index is 9.00. The van der Waals surface area contributed by atoms with Crippen molar-refractivity contribution in [2.75, 3.05) is 39.6 Å². The lowest BCUT2D eigenvalue weighted by atomic mass is 10.7. The first-order valence-corrected chi connectivity index (χ1v) is 5.14. The average molecular weight is 271 g/mol. The number of aliphatic hydroxyl groups is 3. The molecule has 0 aliphatic rings. The van der Waals surface area contributed by atoms with E-state index in [4.69, 9.17) is 45.2 Å². The van der Waals surface area contributed by atoms with Gasteiger partial charge in [0.1, 0.15) is 0 Å². The van der Waals surface area contributed by atoms with Crippen LogP contribution in [0.5, 0.6) is 0 Å². The van der Waals surface area contributed by atoms with Crippen molar-refractivity contribution in [1.29, 1.82) is 0 Å². The Bertz CT molecular complexity index is 175. The summed E-state index contributed by atoms with van der Waals surface area (Å²) in [4.78, 5) is 9.00. The number of carbonyl (C=O) groups is 1. The summed E-state index contributed by atoms with van der Waals surface area (Å²) in [5.41, 5.74) is 5.46. The van der Waals surface area contributed by atoms with E-state index in [2.05, 4.69) is 0 Å². The van der Waals surface area contributed by atoms with Crippen LogP contribution in [0, 0.1) is 0 Å². The van der Waals surface area contributed by atoms with Crippen molar-refractivity contribution >= 4 is 5.97 Å². The van der Waals surface area contributed by atoms with Crippen LogP contribution in [-0.4, -0.2) is 72.1 Å². The van der Waals surface area contributed by atoms with Crippen molar-refractivity contribution in [2.45, 2.75) is 13.0 Å². The third kappa shape index (κ3) is 15.2. The predicted octanol–water partition coefficient (Wildman–Crippen LogP) is -2.33. The average Bonchev–Trinajstić information content (AvgIpc) is 2.31. The molecule has 18 heavy (non-hydrogen) atoms. The van der Waals surface area contributed by atoms with Crippen LogP contribution >= 0.6 is 0 Å². The van der Waals surface area contributed by atoms with Crippen LogP contribution in [0.25, 0.3) is 0 Å². The fourth-order valence-electron chi connectivity index (χ4n) is 0.689. The number of carboxylic acid groups (broad SMARTS) is 1. The fourth-order valence-corrected chi connectivity index (χ4v) is 0.689. The molecule has 0 radical (unpaired) electrons. The first-order chi connectivity index (χ1) is 8.41. The summed E-state index contributed by atoms with van der Waals surface area (Å²) in [5, 5.41) is 32.9. The Morgan fingerprint density at radius 3 is 1.39 bits per heavy atom. The van der Waals surface area contributed by atoms with Crippen LogP contribution in [0.2, 0.25) is 0 Å². The van der Waals surface area contributed by atoms with E-state index in [9.17, 15) is 0 Å². The number of aliphatic hydroxyl groups excluding tert-OH is 3. The Morgan fingerprint density at radius 2 is 1.22 bits per heavy atom. The highest BCUT2D eigenvalue weighted by molar-refractivity contribution is 5.62. The minimum absolute atomic E-state index is 0.0621. The van der Waals surface area contributed by atoms with Crippen LogP contribution in [0.4, 0.5) is 0 Å². The highest BCUT2D eigenvalue weighted by Gasteiger charge is 2.27. The normalized spacial score (nSPS) is 10.7. The summed E-state index contributed by atoms with van der Waals surface area (Å²) in [7, 11) is 0. The van der Waals surface area contributed by atoms with Gasteiger partial charge in [0.2, 0.25) is 0 Å². The zero-order chi connectivity index (χ0) is 14.4. The molecule has 6 N–H and O–H groups in total. The van der Waals surface area contributed by atoms with E-state index in [-0.39, 0.29) is 39.6 Å². The summed E-state index contributed by atoms with van der Waals surface area (Å²) in [6, 6.07) is 0. The number of aliphatic carboxylic acids is 1. The van der Waals surface area contributed by atoms with E-state index >= 15 is 0 Å². The van der Waals surface area contributed by atoms with E-state index < -0.39 is 12.1 Å². The first-order valence-electron chi connectivity index (χ1n) is 5.14. The molecule has 9 nitrogen and oxygen atoms in total. The van der Waals surface area contributed by atoms with Gasteiger partial charge >= 0.3 is 6.10 Å². The molecule has 110 valence electrons. The third-order valence-corrected chi connectivity index (χ3v) is 1.18. The molecule has 0 spiro atoms. The molecular weight excluding hydrogens is 250 g/mol. The number of hydrogen-bond donors (Lipinski definition) is 5. The molecule has 9 heteroatoms. The second kappa shape index (κ2) is 12.6. The van der Waals surface area contributed by atoms with E-state index in [0.29, 0.717) is 0 Å². The van der Waals surface area contributed by atoms with E-state index in [0.717, 1.165) is 6.92 Å². The van der Waals surface area contributed by atoms with Crippen LogP contribution in [0.15, 0.2) is 0 Å². The predicted molar refractivity (Wildman–Crippen MR) is 59.3 cm³/mol. The lowest BCUT2D eigenvalue weighted by Gasteiger charge is -2.27. The number of ether oxygens (including phenoxy) is 3. The maximum absolute atomic E-state index is 9.00. The van der Waals surface area contributed by atoms with Crippen molar-refractivity contribution in [3.05, 3.63) is 0 Å². The van der Waals surface area contributed by atoms with Gasteiger partial charge in [-0.1, -0.05) is 0 Å². The molecule has 0 aromatic heterocycles. The van der Waals surface area contributed by atoms with Crippen LogP contribution < -0.4 is 5.73 Å². The topological polar surface area (TPSA) is 152 Å². The van der Waals surface area contributed by atoms with Gasteiger partial charge in [-0.15, -0.1) is 0 Å². The van der Waals surface area contributed by atoms with Gasteiger partial charge in [-0.3, -0.25) is 10.5 Å². The molecule has 0 saturated carbocycles. The van der Waals surface area contributed by atoms with Gasteiger partial charge < -0.3 is 34.6 Å². The maximum Gasteiger partial charge on any atom is 0.348 e. The van der Waals surface area contributed by atoms with Crippen molar-refractivity contribution in [3.8, 4) is 0 Å². The fraction of sp³-hybridized carbons (Fsp3) is 0.889. The number of hydrogen-bond acceptors (Lipinski definition) is 8. The lowest BCUT2D eigenvalue weighted by Crippen LogP contribution is -2.50. The summed E-state index contributed by atoms with van der Waals surface area (Å²) < 4.78 is 14.5. The van der Waals surface area contributed by atoms with E-state index in [1.165, 1.54) is 0 Å². The SMILES string of the molecule is CC(=O)O.NC(OCCO)(OCCO)OCCO. The van der Waals surface area contributed by atoms with Crippen molar-refractivity contribution in [3.63, 3.8) is 0 Å². The summed E-state index contributed by atoms with van der Waals surface area (Å²) >= 11 is 0. The first kappa shape index (κ1) is 19.5. The summed E-state index contributed by atoms with van der Waals surface area (Å²) in [6.07, 6.45) is -1.83. The van der Waals surface area contributed by atoms with E-state index in [1.807, 2.05) is 0 Å². The molecule has 0 bridgehead atoms. The second-order valence-electron chi connectivity index (χ2n) is 2.84. The number of rotatable bonds is 9. The molecule has 0 unspecified atom stereocenters. The Kier molecular flexibility index (Phi) is 13.7. The van der Waals surface area contributed by atoms with Gasteiger partial charge in [0.05, 0.1) is 39.6 Å². The third-order valence-electron chi connectivity index (χ3n) is 1.18. The van der Waals surface area contributed by atoms with E-state index in [1.54, 1.807) is 0 Å². The quantitative estimate of drug-likeness (QED) is 0.291. The molecule has 0 aromatic rings. The zero-order valence-electron chi connectivity index (χ0n) is 10.2. The van der Waals surface area contributed by atoms with Gasteiger partial charge in [-0.05, 0) is 0 Å². The van der Waals surface area contributed by atoms with Crippen LogP contribution in [0.3, 0.4) is 0 Å². The highest BCUT2D eigenvalue weighted by atomic mass is 16.9. The minimum atomic E-state index is -1.83. The van der Waals surface area contributed by atoms with Crippen molar-refractivity contribution in [1.82, 2.24) is 0 Å². The molecule has 0 fully saturated rings. The molecule has 0 saturated heterocycles. The van der Waals surface area contributed by atoms with Gasteiger partial charge in [0.15, 0.2) is 0 Å². The molecular formula is C9H21NO8. The van der Waals surface area contributed by atoms with Gasteiger partial charge in [-0.25, -0.2) is 0 Å². The van der Waals surface area contributed by atoms with Crippen LogP contribution in [-0.2, 0) is 19.0 Å². The number of carboxylic acids is 1. The molecule has 0 rings (SSSR count). The number of nitrogens with two attached hydrogens (primary N) is 1. The molecule has 0 aliphatic carbocycles. The smallest absolute Gasteiger partial charge is 0.348 e. The second-order valence-corrected chi connectivity index (χ2v) is 2.84. The Balaban J connectivity index is 0. The molecule has 0 aliphatic heterocycles. The van der Waals surface area contributed by atoms with Gasteiger partial charge in [-0.2, -0.15) is 0 Å². The summed E-state index contributed by atoms with van der Waals surface area (Å²) in [5.74, 6) is -0.833. The molecule has 0 heterocycles. The monoisotopic (exact) mass is 271 g/mol. The van der Waals surface area contributed by atoms with Gasteiger partial charge in [0.25, 0.3) is 5.97 Å². The summed E-state index contributed by atoms with van der Waals surface area (Å²) in [6.45, 7) is 0.200. The molecule has 0 aromatic carbocycles. The molecule has 0 amide bonds. The Morgan fingerprint density at radius 1 is 1.00 bits per heavy atom.